The number of halogens is 1. The molecule has 2 aliphatic carbocycles. The van der Waals surface area contributed by atoms with Crippen molar-refractivity contribution in [3.8, 4) is 0 Å². The fourth-order valence-electron chi connectivity index (χ4n) is 6.71. The maximum absolute atomic E-state index is 12.1. The number of hydrogen-bond donors (Lipinski definition) is 2. The van der Waals surface area contributed by atoms with Gasteiger partial charge in [0.15, 0.2) is 11.2 Å². The van der Waals surface area contributed by atoms with Crippen LogP contribution < -0.4 is 16.1 Å². The molecule has 0 saturated heterocycles. The number of aldehydes is 1. The van der Waals surface area contributed by atoms with Crippen molar-refractivity contribution in [2.75, 3.05) is 14.1 Å². The molecule has 6 nitrogen and oxygen atoms in total. The molecule has 2 saturated carbocycles. The number of fused-ring (bicyclic) bond motifs is 1. The van der Waals surface area contributed by atoms with Gasteiger partial charge in [0.1, 0.15) is 11.9 Å². The van der Waals surface area contributed by atoms with Crippen molar-refractivity contribution in [3.63, 3.8) is 0 Å². The molecule has 2 aliphatic rings. The summed E-state index contributed by atoms with van der Waals surface area (Å²) >= 11 is 5.95. The second-order valence-electron chi connectivity index (χ2n) is 12.9. The van der Waals surface area contributed by atoms with Gasteiger partial charge < -0.3 is 19.8 Å². The van der Waals surface area contributed by atoms with Gasteiger partial charge in [0.25, 0.3) is 5.91 Å². The Hall–Kier alpha value is -4.00. The molecule has 7 heteroatoms. The number of nitrogens with one attached hydrogen (secondary N) is 2. The normalized spacial score (nSPS) is 15.8. The van der Waals surface area contributed by atoms with Gasteiger partial charge in [0.2, 0.25) is 0 Å². The molecule has 2 fully saturated rings. The summed E-state index contributed by atoms with van der Waals surface area (Å²) in [5.74, 6) is 0.933. The van der Waals surface area contributed by atoms with Crippen LogP contribution in [0.25, 0.3) is 11.0 Å². The third kappa shape index (κ3) is 11.3. The number of unbranched alkanes of at least 4 members (excludes halogenated alkanes) is 1. The van der Waals surface area contributed by atoms with Crippen LogP contribution in [0.3, 0.4) is 0 Å². The first kappa shape index (κ1) is 37.8. The van der Waals surface area contributed by atoms with Crippen molar-refractivity contribution >= 4 is 34.8 Å². The van der Waals surface area contributed by atoms with Crippen molar-refractivity contribution in [1.29, 1.82) is 0 Å². The predicted octanol–water partition coefficient (Wildman–Crippen LogP) is 9.68. The largest absolute Gasteiger partial charge is 0.451 e. The SMILES string of the molecule is CCCC=O.CNC(=O)c1cc(=O)c2cc(C3CCCC3)ccc2o1.CNCc1ccccc1C1CCC(=CCc2ccc(Cl)cc2)CC1. The van der Waals surface area contributed by atoms with E-state index >= 15 is 0 Å². The number of carbonyl (C=O) groups is 2. The molecule has 0 spiro atoms. The maximum Gasteiger partial charge on any atom is 0.286 e. The summed E-state index contributed by atoms with van der Waals surface area (Å²) in [6.07, 6.45) is 16.0. The Morgan fingerprint density at radius 1 is 0.918 bits per heavy atom. The van der Waals surface area contributed by atoms with Crippen molar-refractivity contribution in [3.05, 3.63) is 128 Å². The molecule has 0 atom stereocenters. The zero-order valence-electron chi connectivity index (χ0n) is 29.2. The summed E-state index contributed by atoms with van der Waals surface area (Å²) < 4.78 is 5.50. The lowest BCUT2D eigenvalue weighted by Crippen LogP contribution is -2.19. The highest BCUT2D eigenvalue weighted by atomic mass is 35.5. The average molecular weight is 683 g/mol. The molecule has 0 bridgehead atoms. The summed E-state index contributed by atoms with van der Waals surface area (Å²) in [5.41, 5.74) is 7.47. The molecule has 260 valence electrons. The second kappa shape index (κ2) is 19.9. The van der Waals surface area contributed by atoms with Gasteiger partial charge in [0.05, 0.1) is 5.39 Å². The second-order valence-corrected chi connectivity index (χ2v) is 13.4. The van der Waals surface area contributed by atoms with Crippen LogP contribution in [0.4, 0.5) is 0 Å². The number of amides is 1. The molecule has 1 amide bonds. The maximum atomic E-state index is 12.1. The molecule has 6 rings (SSSR count). The topological polar surface area (TPSA) is 88.4 Å². The molecule has 2 N–H and O–H groups in total. The monoisotopic (exact) mass is 682 g/mol. The lowest BCUT2D eigenvalue weighted by Gasteiger charge is -2.26. The van der Waals surface area contributed by atoms with E-state index in [4.69, 9.17) is 16.0 Å². The molecule has 49 heavy (non-hydrogen) atoms. The Morgan fingerprint density at radius 2 is 1.63 bits per heavy atom. The molecule has 3 aromatic carbocycles. The first-order valence-corrected chi connectivity index (χ1v) is 18.1. The Kier molecular flexibility index (Phi) is 15.3. The number of rotatable bonds is 9. The third-order valence-electron chi connectivity index (χ3n) is 9.46. The van der Waals surface area contributed by atoms with E-state index in [0.717, 1.165) is 30.7 Å². The smallest absolute Gasteiger partial charge is 0.286 e. The summed E-state index contributed by atoms with van der Waals surface area (Å²) in [7, 11) is 3.53. The van der Waals surface area contributed by atoms with Crippen molar-refractivity contribution in [1.82, 2.24) is 10.6 Å². The highest BCUT2D eigenvalue weighted by molar-refractivity contribution is 6.30. The van der Waals surface area contributed by atoms with E-state index in [9.17, 15) is 14.4 Å². The van der Waals surface area contributed by atoms with E-state index in [-0.39, 0.29) is 17.1 Å². The highest BCUT2D eigenvalue weighted by Crippen LogP contribution is 2.37. The van der Waals surface area contributed by atoms with Crippen LogP contribution in [0.15, 0.2) is 93.7 Å². The number of hydrogen-bond acceptors (Lipinski definition) is 5. The van der Waals surface area contributed by atoms with Crippen molar-refractivity contribution in [2.24, 2.45) is 0 Å². The zero-order valence-corrected chi connectivity index (χ0v) is 30.0. The predicted molar refractivity (Wildman–Crippen MR) is 202 cm³/mol. The summed E-state index contributed by atoms with van der Waals surface area (Å²) in [4.78, 5) is 33.1. The summed E-state index contributed by atoms with van der Waals surface area (Å²) in [5, 5.41) is 7.12. The van der Waals surface area contributed by atoms with Gasteiger partial charge in [0, 0.05) is 31.1 Å². The first-order valence-electron chi connectivity index (χ1n) is 17.7. The Bertz CT molecular complexity index is 1730. The van der Waals surface area contributed by atoms with Gasteiger partial charge in [-0.05, 0) is 117 Å². The molecular formula is C42H51ClN2O4. The van der Waals surface area contributed by atoms with Crippen LogP contribution in [-0.2, 0) is 17.8 Å². The highest BCUT2D eigenvalue weighted by Gasteiger charge is 2.21. The molecule has 4 aromatic rings. The molecular weight excluding hydrogens is 632 g/mol. The number of carbonyl (C=O) groups excluding carboxylic acids is 2. The van der Waals surface area contributed by atoms with Crippen LogP contribution in [0.2, 0.25) is 5.02 Å². The Labute approximate surface area is 296 Å². The number of allylic oxidation sites excluding steroid dienone is 2. The molecule has 0 unspecified atom stereocenters. The minimum Gasteiger partial charge on any atom is -0.451 e. The fraction of sp³-hybridized carbons (Fsp3) is 0.405. The van der Waals surface area contributed by atoms with Crippen LogP contribution in [0.1, 0.15) is 116 Å². The van der Waals surface area contributed by atoms with Crippen LogP contribution in [0, 0.1) is 0 Å². The van der Waals surface area contributed by atoms with E-state index in [2.05, 4.69) is 53.1 Å². The minimum atomic E-state index is -0.385. The third-order valence-corrected chi connectivity index (χ3v) is 9.72. The van der Waals surface area contributed by atoms with Gasteiger partial charge in [-0.1, -0.05) is 85.5 Å². The van der Waals surface area contributed by atoms with Gasteiger partial charge >= 0.3 is 0 Å². The minimum absolute atomic E-state index is 0.0543. The van der Waals surface area contributed by atoms with Crippen LogP contribution >= 0.6 is 11.6 Å². The quantitative estimate of drug-likeness (QED) is 0.136. The molecule has 0 aliphatic heterocycles. The Morgan fingerprint density at radius 3 is 2.27 bits per heavy atom. The average Bonchev–Trinajstić information content (AvgIpc) is 3.68. The Balaban J connectivity index is 0.000000197. The van der Waals surface area contributed by atoms with E-state index in [1.165, 1.54) is 81.2 Å². The zero-order chi connectivity index (χ0) is 35.0. The lowest BCUT2D eigenvalue weighted by atomic mass is 9.79. The van der Waals surface area contributed by atoms with E-state index in [0.29, 0.717) is 29.2 Å². The lowest BCUT2D eigenvalue weighted by molar-refractivity contribution is -0.107. The van der Waals surface area contributed by atoms with Crippen molar-refractivity contribution in [2.45, 2.75) is 95.9 Å². The van der Waals surface area contributed by atoms with Crippen LogP contribution in [-0.4, -0.2) is 26.3 Å². The molecule has 1 aromatic heterocycles. The fourth-order valence-corrected chi connectivity index (χ4v) is 6.84. The van der Waals surface area contributed by atoms with E-state index in [1.54, 1.807) is 17.2 Å². The van der Waals surface area contributed by atoms with Gasteiger partial charge in [-0.3, -0.25) is 9.59 Å². The summed E-state index contributed by atoms with van der Waals surface area (Å²) in [6.45, 7) is 2.94. The van der Waals surface area contributed by atoms with Gasteiger partial charge in [-0.25, -0.2) is 0 Å². The van der Waals surface area contributed by atoms with Crippen LogP contribution in [0.5, 0.6) is 0 Å². The van der Waals surface area contributed by atoms with E-state index in [1.807, 2.05) is 38.2 Å². The standard InChI is InChI=1S/C22H26ClN.C16H17NO3.C4H8O/c1-24-16-20-4-2-3-5-22(20)19-12-8-17(9-13-19)6-7-18-10-14-21(23)15-11-18;1-17-16(19)15-9-13(18)12-8-11(6-7-14(12)20-15)10-4-2-3-5-10;1-2-3-4-5/h2-6,10-11,14-15,19,24H,7-9,12-13,16H2,1H3;6-10H,2-5H2,1H3,(H,17,19);4H,2-3H2,1H3. The van der Waals surface area contributed by atoms with Crippen molar-refractivity contribution < 1.29 is 14.0 Å². The van der Waals surface area contributed by atoms with Gasteiger partial charge in [-0.2, -0.15) is 0 Å². The first-order chi connectivity index (χ1) is 23.9. The molecule has 0 radical (unpaired) electrons. The summed E-state index contributed by atoms with van der Waals surface area (Å²) in [6, 6.07) is 24.1. The molecule has 1 heterocycles. The number of benzene rings is 3. The van der Waals surface area contributed by atoms with Gasteiger partial charge in [-0.15, -0.1) is 0 Å². The van der Waals surface area contributed by atoms with E-state index < -0.39 is 0 Å².